The zero-order valence-corrected chi connectivity index (χ0v) is 14.5. The lowest BCUT2D eigenvalue weighted by atomic mass is 9.96. The fourth-order valence-corrected chi connectivity index (χ4v) is 3.68. The summed E-state index contributed by atoms with van der Waals surface area (Å²) in [5, 5.41) is 2.93. The molecule has 1 aliphatic heterocycles. The molecule has 0 aromatic heterocycles. The van der Waals surface area contributed by atoms with Crippen LogP contribution in [-0.2, 0) is 16.0 Å². The van der Waals surface area contributed by atoms with Gasteiger partial charge in [-0.05, 0) is 57.6 Å². The first kappa shape index (κ1) is 15.5. The molecule has 1 aromatic carbocycles. The Kier molecular flexibility index (Phi) is 3.21. The molecule has 5 nitrogen and oxygen atoms in total. The van der Waals surface area contributed by atoms with Crippen molar-refractivity contribution >= 4 is 17.7 Å². The summed E-state index contributed by atoms with van der Waals surface area (Å²) in [5.74, 6) is 0.840. The van der Waals surface area contributed by atoms with Crippen LogP contribution in [-0.4, -0.2) is 30.2 Å². The molecule has 2 aliphatic carbocycles. The van der Waals surface area contributed by atoms with E-state index in [4.69, 9.17) is 4.74 Å². The zero-order chi connectivity index (χ0) is 17.1. The highest BCUT2D eigenvalue weighted by Gasteiger charge is 2.75. The summed E-state index contributed by atoms with van der Waals surface area (Å²) in [6.45, 7) is 6.05. The number of nitrogens with zero attached hydrogens (tertiary/aromatic N) is 1. The molecule has 24 heavy (non-hydrogen) atoms. The Bertz CT molecular complexity index is 701. The van der Waals surface area contributed by atoms with E-state index in [1.807, 2.05) is 49.9 Å². The van der Waals surface area contributed by atoms with Crippen LogP contribution in [0, 0.1) is 11.3 Å². The van der Waals surface area contributed by atoms with Crippen molar-refractivity contribution in [3.63, 3.8) is 0 Å². The summed E-state index contributed by atoms with van der Waals surface area (Å²) < 4.78 is 5.36. The molecule has 1 heterocycles. The van der Waals surface area contributed by atoms with Gasteiger partial charge in [0.2, 0.25) is 5.91 Å². The van der Waals surface area contributed by atoms with Crippen LogP contribution in [0.15, 0.2) is 24.3 Å². The average Bonchev–Trinajstić information content (AvgIpc) is 3.33. The first-order valence-corrected chi connectivity index (χ1v) is 8.68. The van der Waals surface area contributed by atoms with E-state index in [0.717, 1.165) is 30.5 Å². The lowest BCUT2D eigenvalue weighted by molar-refractivity contribution is -0.121. The number of hydrogen-bond acceptors (Lipinski definition) is 3. The average molecular weight is 328 g/mol. The SMILES string of the molecule is CC(C)(C)OC(=O)NC1Cc2ccccc2N(C(=O)C23CC2C3)C1. The molecule has 2 saturated carbocycles. The number of anilines is 1. The van der Waals surface area contributed by atoms with E-state index in [9.17, 15) is 9.59 Å². The number of fused-ring (bicyclic) bond motifs is 2. The van der Waals surface area contributed by atoms with Crippen LogP contribution >= 0.6 is 0 Å². The molecule has 1 N–H and O–H groups in total. The van der Waals surface area contributed by atoms with Gasteiger partial charge in [-0.1, -0.05) is 18.2 Å². The van der Waals surface area contributed by atoms with Crippen LogP contribution in [0.4, 0.5) is 10.5 Å². The van der Waals surface area contributed by atoms with E-state index in [1.54, 1.807) is 0 Å². The summed E-state index contributed by atoms with van der Waals surface area (Å²) in [6.07, 6.45) is 2.37. The Morgan fingerprint density at radius 1 is 1.25 bits per heavy atom. The lowest BCUT2D eigenvalue weighted by Crippen LogP contribution is -2.52. The predicted octanol–water partition coefficient (Wildman–Crippen LogP) is 2.88. The van der Waals surface area contributed by atoms with E-state index in [-0.39, 0.29) is 17.4 Å². The summed E-state index contributed by atoms with van der Waals surface area (Å²) >= 11 is 0. The van der Waals surface area contributed by atoms with Gasteiger partial charge in [-0.3, -0.25) is 4.79 Å². The number of para-hydroxylation sites is 1. The van der Waals surface area contributed by atoms with Gasteiger partial charge >= 0.3 is 6.09 Å². The quantitative estimate of drug-likeness (QED) is 0.908. The molecule has 5 heteroatoms. The smallest absolute Gasteiger partial charge is 0.407 e. The van der Waals surface area contributed by atoms with Gasteiger partial charge < -0.3 is 15.0 Å². The number of carbonyl (C=O) groups is 2. The number of nitrogens with one attached hydrogen (secondary N) is 1. The van der Waals surface area contributed by atoms with Crippen molar-refractivity contribution in [3.05, 3.63) is 29.8 Å². The molecule has 0 saturated heterocycles. The lowest BCUT2D eigenvalue weighted by Gasteiger charge is -2.36. The van der Waals surface area contributed by atoms with Gasteiger partial charge in [0.25, 0.3) is 0 Å². The molecule has 2 amide bonds. The van der Waals surface area contributed by atoms with Gasteiger partial charge in [-0.25, -0.2) is 4.79 Å². The summed E-state index contributed by atoms with van der Waals surface area (Å²) in [6, 6.07) is 7.87. The molecule has 2 fully saturated rings. The van der Waals surface area contributed by atoms with Gasteiger partial charge in [-0.15, -0.1) is 0 Å². The van der Waals surface area contributed by atoms with Gasteiger partial charge in [0, 0.05) is 12.2 Å². The van der Waals surface area contributed by atoms with E-state index in [0.29, 0.717) is 12.5 Å². The molecule has 128 valence electrons. The molecule has 0 radical (unpaired) electrons. The monoisotopic (exact) mass is 328 g/mol. The second-order valence-corrected chi connectivity index (χ2v) is 8.35. The molecule has 0 bridgehead atoms. The van der Waals surface area contributed by atoms with Crippen LogP contribution in [0.5, 0.6) is 0 Å². The maximum atomic E-state index is 12.9. The molecular weight excluding hydrogens is 304 g/mol. The minimum atomic E-state index is -0.527. The minimum absolute atomic E-state index is 0.0685. The highest BCUT2D eigenvalue weighted by atomic mass is 16.6. The second kappa shape index (κ2) is 4.98. The van der Waals surface area contributed by atoms with Crippen molar-refractivity contribution < 1.29 is 14.3 Å². The van der Waals surface area contributed by atoms with E-state index >= 15 is 0 Å². The second-order valence-electron chi connectivity index (χ2n) is 8.35. The number of benzene rings is 1. The maximum Gasteiger partial charge on any atom is 0.407 e. The Morgan fingerprint density at radius 3 is 2.54 bits per heavy atom. The van der Waals surface area contributed by atoms with Crippen LogP contribution in [0.1, 0.15) is 39.2 Å². The third-order valence-corrected chi connectivity index (χ3v) is 5.23. The van der Waals surface area contributed by atoms with Crippen LogP contribution < -0.4 is 10.2 Å². The summed E-state index contributed by atoms with van der Waals surface area (Å²) in [5.41, 5.74) is 1.51. The van der Waals surface area contributed by atoms with Crippen molar-refractivity contribution in [2.45, 2.75) is 51.7 Å². The molecule has 1 unspecified atom stereocenters. The van der Waals surface area contributed by atoms with E-state index < -0.39 is 11.7 Å². The van der Waals surface area contributed by atoms with Crippen molar-refractivity contribution in [1.82, 2.24) is 5.32 Å². The largest absolute Gasteiger partial charge is 0.444 e. The number of rotatable bonds is 2. The fourth-order valence-electron chi connectivity index (χ4n) is 3.68. The van der Waals surface area contributed by atoms with E-state index in [1.165, 1.54) is 0 Å². The first-order chi connectivity index (χ1) is 11.3. The standard InChI is InChI=1S/C19H24N2O3/c1-18(2,3)24-17(23)20-14-8-12-6-4-5-7-15(12)21(11-14)16(22)19-9-13(19)10-19/h4-7,13-14H,8-11H2,1-3H3,(H,20,23). The van der Waals surface area contributed by atoms with Crippen LogP contribution in [0.25, 0.3) is 0 Å². The first-order valence-electron chi connectivity index (χ1n) is 8.68. The number of hydrogen-bond donors (Lipinski definition) is 1. The van der Waals surface area contributed by atoms with Gasteiger partial charge in [0.15, 0.2) is 0 Å². The minimum Gasteiger partial charge on any atom is -0.444 e. The molecule has 3 aliphatic rings. The number of ether oxygens (including phenoxy) is 1. The third-order valence-electron chi connectivity index (χ3n) is 5.23. The van der Waals surface area contributed by atoms with Gasteiger partial charge in [0.05, 0.1) is 11.5 Å². The highest BCUT2D eigenvalue weighted by molar-refractivity contribution is 6.03. The Labute approximate surface area is 142 Å². The predicted molar refractivity (Wildman–Crippen MR) is 90.8 cm³/mol. The summed E-state index contributed by atoms with van der Waals surface area (Å²) in [4.78, 5) is 26.9. The topological polar surface area (TPSA) is 58.6 Å². The normalized spacial score (nSPS) is 30.0. The van der Waals surface area contributed by atoms with Crippen LogP contribution in [0.3, 0.4) is 0 Å². The van der Waals surface area contributed by atoms with Gasteiger partial charge in [-0.2, -0.15) is 0 Å². The number of amides is 2. The molecule has 1 aromatic rings. The Hall–Kier alpha value is -2.04. The van der Waals surface area contributed by atoms with Crippen molar-refractivity contribution in [2.24, 2.45) is 11.3 Å². The van der Waals surface area contributed by atoms with Crippen molar-refractivity contribution in [3.8, 4) is 0 Å². The van der Waals surface area contributed by atoms with Crippen molar-refractivity contribution in [2.75, 3.05) is 11.4 Å². The summed E-state index contributed by atoms with van der Waals surface area (Å²) in [7, 11) is 0. The highest BCUT2D eigenvalue weighted by Crippen LogP contribution is 2.76. The van der Waals surface area contributed by atoms with Crippen molar-refractivity contribution in [1.29, 1.82) is 0 Å². The molecular formula is C19H24N2O3. The molecule has 4 rings (SSSR count). The van der Waals surface area contributed by atoms with Crippen LogP contribution in [0.2, 0.25) is 0 Å². The molecule has 1 atom stereocenters. The Morgan fingerprint density at radius 2 is 1.92 bits per heavy atom. The maximum absolute atomic E-state index is 12.9. The zero-order valence-electron chi connectivity index (χ0n) is 14.5. The Balaban J connectivity index is 1.52. The number of carbonyl (C=O) groups excluding carboxylic acids is 2. The van der Waals surface area contributed by atoms with E-state index in [2.05, 4.69) is 5.32 Å². The molecule has 0 spiro atoms. The third kappa shape index (κ3) is 2.66. The fraction of sp³-hybridized carbons (Fsp3) is 0.579. The van der Waals surface area contributed by atoms with Gasteiger partial charge in [0.1, 0.15) is 5.60 Å². The number of alkyl carbamates (subject to hydrolysis) is 1.